The number of nitrogens with one attached hydrogen (secondary N) is 1. The van der Waals surface area contributed by atoms with Crippen molar-refractivity contribution in [3.05, 3.63) is 53.7 Å². The standard InChI is InChI=1S/C15H18N2O/c1-11(2)12-5-7-14(8-6-12)17-15-13(10-18)4-3-9-16-15/h3-9,11,18H,10H2,1-2H3,(H,16,17). The fourth-order valence-electron chi connectivity index (χ4n) is 1.77. The monoisotopic (exact) mass is 242 g/mol. The second-order valence-electron chi connectivity index (χ2n) is 4.57. The Hall–Kier alpha value is -1.87. The number of aromatic nitrogens is 1. The molecule has 0 aliphatic rings. The number of pyridine rings is 1. The van der Waals surface area contributed by atoms with Crippen LogP contribution in [0.15, 0.2) is 42.6 Å². The van der Waals surface area contributed by atoms with E-state index in [-0.39, 0.29) is 6.61 Å². The maximum Gasteiger partial charge on any atom is 0.135 e. The van der Waals surface area contributed by atoms with E-state index >= 15 is 0 Å². The lowest BCUT2D eigenvalue weighted by Gasteiger charge is -2.10. The van der Waals surface area contributed by atoms with Crippen LogP contribution < -0.4 is 5.32 Å². The second-order valence-corrected chi connectivity index (χ2v) is 4.57. The Morgan fingerprint density at radius 3 is 2.50 bits per heavy atom. The van der Waals surface area contributed by atoms with Crippen LogP contribution in [0.25, 0.3) is 0 Å². The van der Waals surface area contributed by atoms with Crippen molar-refractivity contribution in [3.63, 3.8) is 0 Å². The van der Waals surface area contributed by atoms with Gasteiger partial charge in [-0.1, -0.05) is 32.0 Å². The summed E-state index contributed by atoms with van der Waals surface area (Å²) in [6.07, 6.45) is 1.71. The Balaban J connectivity index is 2.18. The number of hydrogen-bond donors (Lipinski definition) is 2. The molecule has 1 heterocycles. The summed E-state index contributed by atoms with van der Waals surface area (Å²) in [7, 11) is 0. The van der Waals surface area contributed by atoms with Crippen LogP contribution in [0.4, 0.5) is 11.5 Å². The summed E-state index contributed by atoms with van der Waals surface area (Å²) in [5.74, 6) is 1.24. The molecule has 94 valence electrons. The van der Waals surface area contributed by atoms with Crippen LogP contribution in [0.3, 0.4) is 0 Å². The van der Waals surface area contributed by atoms with Gasteiger partial charge in [0.2, 0.25) is 0 Å². The molecule has 0 atom stereocenters. The summed E-state index contributed by atoms with van der Waals surface area (Å²) in [6, 6.07) is 12.0. The Bertz CT molecular complexity index is 506. The molecule has 2 N–H and O–H groups in total. The molecule has 0 aliphatic heterocycles. The SMILES string of the molecule is CC(C)c1ccc(Nc2ncccc2CO)cc1. The van der Waals surface area contributed by atoms with E-state index in [2.05, 4.69) is 36.3 Å². The number of benzene rings is 1. The first-order valence-electron chi connectivity index (χ1n) is 6.12. The molecule has 0 unspecified atom stereocenters. The van der Waals surface area contributed by atoms with E-state index in [1.165, 1.54) is 5.56 Å². The molecule has 0 bridgehead atoms. The van der Waals surface area contributed by atoms with Crippen molar-refractivity contribution in [2.75, 3.05) is 5.32 Å². The van der Waals surface area contributed by atoms with Crippen LogP contribution >= 0.6 is 0 Å². The maximum atomic E-state index is 9.23. The van der Waals surface area contributed by atoms with Gasteiger partial charge in [-0.3, -0.25) is 0 Å². The van der Waals surface area contributed by atoms with Gasteiger partial charge in [0.25, 0.3) is 0 Å². The molecule has 0 radical (unpaired) electrons. The van der Waals surface area contributed by atoms with Crippen LogP contribution in [0.2, 0.25) is 0 Å². The highest BCUT2D eigenvalue weighted by Gasteiger charge is 2.03. The molecule has 3 heteroatoms. The van der Waals surface area contributed by atoms with Gasteiger partial charge in [0.1, 0.15) is 5.82 Å². The van der Waals surface area contributed by atoms with Gasteiger partial charge in [-0.25, -0.2) is 4.98 Å². The van der Waals surface area contributed by atoms with Crippen molar-refractivity contribution < 1.29 is 5.11 Å². The quantitative estimate of drug-likeness (QED) is 0.863. The lowest BCUT2D eigenvalue weighted by Crippen LogP contribution is -1.99. The lowest BCUT2D eigenvalue weighted by atomic mass is 10.0. The Labute approximate surface area is 108 Å². The highest BCUT2D eigenvalue weighted by molar-refractivity contribution is 5.59. The molecule has 0 aliphatic carbocycles. The smallest absolute Gasteiger partial charge is 0.135 e. The summed E-state index contributed by atoms with van der Waals surface area (Å²) in [4.78, 5) is 4.23. The van der Waals surface area contributed by atoms with Gasteiger partial charge in [0.15, 0.2) is 0 Å². The largest absolute Gasteiger partial charge is 0.392 e. The summed E-state index contributed by atoms with van der Waals surface area (Å²) >= 11 is 0. The van der Waals surface area contributed by atoms with Crippen LogP contribution in [0.5, 0.6) is 0 Å². The third-order valence-electron chi connectivity index (χ3n) is 2.90. The first-order valence-corrected chi connectivity index (χ1v) is 6.12. The molecule has 1 aromatic heterocycles. The maximum absolute atomic E-state index is 9.23. The summed E-state index contributed by atoms with van der Waals surface area (Å²) in [5, 5.41) is 12.5. The van der Waals surface area contributed by atoms with Crippen LogP contribution in [0, 0.1) is 0 Å². The van der Waals surface area contributed by atoms with Gasteiger partial charge >= 0.3 is 0 Å². The van der Waals surface area contributed by atoms with Gasteiger partial charge in [-0.2, -0.15) is 0 Å². The number of hydrogen-bond acceptors (Lipinski definition) is 3. The lowest BCUT2D eigenvalue weighted by molar-refractivity contribution is 0.282. The second kappa shape index (κ2) is 5.65. The Morgan fingerprint density at radius 2 is 1.89 bits per heavy atom. The third kappa shape index (κ3) is 2.87. The molecule has 2 rings (SSSR count). The molecular weight excluding hydrogens is 224 g/mol. The van der Waals surface area contributed by atoms with Gasteiger partial charge in [-0.15, -0.1) is 0 Å². The van der Waals surface area contributed by atoms with Crippen molar-refractivity contribution >= 4 is 11.5 Å². The van der Waals surface area contributed by atoms with E-state index in [0.717, 1.165) is 11.3 Å². The summed E-state index contributed by atoms with van der Waals surface area (Å²) in [5.41, 5.74) is 3.09. The molecule has 2 aromatic rings. The zero-order valence-corrected chi connectivity index (χ0v) is 10.7. The van der Waals surface area contributed by atoms with E-state index < -0.39 is 0 Å². The average Bonchev–Trinajstić information content (AvgIpc) is 2.40. The fraction of sp³-hybridized carbons (Fsp3) is 0.267. The highest BCUT2D eigenvalue weighted by atomic mass is 16.3. The zero-order chi connectivity index (χ0) is 13.0. The predicted molar refractivity (Wildman–Crippen MR) is 74.0 cm³/mol. The molecule has 0 fully saturated rings. The van der Waals surface area contributed by atoms with Gasteiger partial charge in [-0.05, 0) is 29.7 Å². The molecule has 1 aromatic carbocycles. The number of anilines is 2. The average molecular weight is 242 g/mol. The number of aliphatic hydroxyl groups excluding tert-OH is 1. The van der Waals surface area contributed by atoms with Crippen molar-refractivity contribution in [3.8, 4) is 0 Å². The summed E-state index contributed by atoms with van der Waals surface area (Å²) in [6.45, 7) is 4.33. The molecule has 0 saturated heterocycles. The molecular formula is C15H18N2O. The van der Waals surface area contributed by atoms with Crippen LogP contribution in [-0.4, -0.2) is 10.1 Å². The molecule has 0 saturated carbocycles. The Morgan fingerprint density at radius 1 is 1.17 bits per heavy atom. The Kier molecular flexibility index (Phi) is 3.95. The molecule has 18 heavy (non-hydrogen) atoms. The molecule has 0 amide bonds. The van der Waals surface area contributed by atoms with Crippen molar-refractivity contribution in [1.82, 2.24) is 4.98 Å². The van der Waals surface area contributed by atoms with E-state index in [0.29, 0.717) is 11.7 Å². The van der Waals surface area contributed by atoms with Gasteiger partial charge in [0, 0.05) is 17.4 Å². The van der Waals surface area contributed by atoms with E-state index in [9.17, 15) is 5.11 Å². The first-order chi connectivity index (χ1) is 8.70. The van der Waals surface area contributed by atoms with Crippen molar-refractivity contribution in [2.24, 2.45) is 0 Å². The predicted octanol–water partition coefficient (Wildman–Crippen LogP) is 3.44. The minimum absolute atomic E-state index is 0.0136. The molecule has 0 spiro atoms. The van der Waals surface area contributed by atoms with Gasteiger partial charge in [0.05, 0.1) is 6.61 Å². The normalized spacial score (nSPS) is 10.7. The van der Waals surface area contributed by atoms with Crippen molar-refractivity contribution in [2.45, 2.75) is 26.4 Å². The minimum Gasteiger partial charge on any atom is -0.392 e. The minimum atomic E-state index is -0.0136. The van der Waals surface area contributed by atoms with Crippen molar-refractivity contribution in [1.29, 1.82) is 0 Å². The number of nitrogens with zero attached hydrogens (tertiary/aromatic N) is 1. The van der Waals surface area contributed by atoms with Crippen LogP contribution in [0.1, 0.15) is 30.9 Å². The topological polar surface area (TPSA) is 45.2 Å². The van der Waals surface area contributed by atoms with Gasteiger partial charge < -0.3 is 10.4 Å². The first kappa shape index (κ1) is 12.6. The highest BCUT2D eigenvalue weighted by Crippen LogP contribution is 2.21. The van der Waals surface area contributed by atoms with E-state index in [1.807, 2.05) is 24.3 Å². The number of rotatable bonds is 4. The molecule has 3 nitrogen and oxygen atoms in total. The van der Waals surface area contributed by atoms with Crippen LogP contribution in [-0.2, 0) is 6.61 Å². The fourth-order valence-corrected chi connectivity index (χ4v) is 1.77. The zero-order valence-electron chi connectivity index (χ0n) is 10.7. The summed E-state index contributed by atoms with van der Waals surface area (Å²) < 4.78 is 0. The third-order valence-corrected chi connectivity index (χ3v) is 2.90. The van der Waals surface area contributed by atoms with E-state index in [1.54, 1.807) is 6.20 Å². The number of aliphatic hydroxyl groups is 1. The van der Waals surface area contributed by atoms with E-state index in [4.69, 9.17) is 0 Å².